The zero-order valence-electron chi connectivity index (χ0n) is 15.3. The van der Waals surface area contributed by atoms with Crippen molar-refractivity contribution in [2.24, 2.45) is 9.98 Å². The lowest BCUT2D eigenvalue weighted by Crippen LogP contribution is -2.13. The molecule has 0 saturated heterocycles. The van der Waals surface area contributed by atoms with Crippen molar-refractivity contribution in [1.82, 2.24) is 9.55 Å². The van der Waals surface area contributed by atoms with Gasteiger partial charge in [0.1, 0.15) is 5.04 Å². The fourth-order valence-electron chi connectivity index (χ4n) is 3.11. The van der Waals surface area contributed by atoms with Gasteiger partial charge in [-0.3, -0.25) is 4.57 Å². The van der Waals surface area contributed by atoms with Gasteiger partial charge in [0.2, 0.25) is 0 Å². The van der Waals surface area contributed by atoms with Crippen molar-refractivity contribution in [3.8, 4) is 0 Å². The molecule has 0 radical (unpaired) electrons. The molecule has 0 bridgehead atoms. The average molecular weight is 360 g/mol. The number of imidazole rings is 1. The Kier molecular flexibility index (Phi) is 4.24. The number of thioether (sulfide) groups is 1. The normalized spacial score (nSPS) is 16.5. The van der Waals surface area contributed by atoms with E-state index < -0.39 is 0 Å². The molecule has 3 aromatic rings. The van der Waals surface area contributed by atoms with Crippen molar-refractivity contribution in [2.75, 3.05) is 0 Å². The van der Waals surface area contributed by atoms with Crippen molar-refractivity contribution in [3.05, 3.63) is 71.0 Å². The summed E-state index contributed by atoms with van der Waals surface area (Å²) < 4.78 is 2.02. The highest BCUT2D eigenvalue weighted by atomic mass is 32.2. The molecule has 4 nitrogen and oxygen atoms in total. The van der Waals surface area contributed by atoms with E-state index in [1.807, 2.05) is 10.8 Å². The molecule has 2 aromatic carbocycles. The van der Waals surface area contributed by atoms with E-state index in [1.54, 1.807) is 18.0 Å². The first-order chi connectivity index (χ1) is 12.5. The molecule has 0 atom stereocenters. The summed E-state index contributed by atoms with van der Waals surface area (Å²) in [7, 11) is 0. The maximum atomic E-state index is 5.00. The number of hydrogen-bond donors (Lipinski definition) is 0. The summed E-state index contributed by atoms with van der Waals surface area (Å²) in [5, 5.41) is 1.79. The molecule has 0 amide bonds. The second-order valence-corrected chi connectivity index (χ2v) is 7.47. The second-order valence-electron chi connectivity index (χ2n) is 6.52. The number of para-hydroxylation sites is 2. The molecule has 0 fully saturated rings. The quantitative estimate of drug-likeness (QED) is 0.603. The van der Waals surface area contributed by atoms with Gasteiger partial charge in [0.25, 0.3) is 0 Å². The third-order valence-electron chi connectivity index (χ3n) is 4.52. The number of rotatable bonds is 2. The number of aliphatic imine (C=N–C) groups is 2. The van der Waals surface area contributed by atoms with Crippen LogP contribution in [-0.2, 0) is 0 Å². The van der Waals surface area contributed by atoms with E-state index in [0.29, 0.717) is 0 Å². The highest BCUT2D eigenvalue weighted by molar-refractivity contribution is 8.16. The van der Waals surface area contributed by atoms with Crippen LogP contribution in [0.3, 0.4) is 0 Å². The largest absolute Gasteiger partial charge is 0.276 e. The zero-order chi connectivity index (χ0) is 18.3. The van der Waals surface area contributed by atoms with Crippen molar-refractivity contribution >= 4 is 34.0 Å². The van der Waals surface area contributed by atoms with E-state index >= 15 is 0 Å². The van der Waals surface area contributed by atoms with Gasteiger partial charge in [-0.05, 0) is 61.7 Å². The predicted octanol–water partition coefficient (Wildman–Crippen LogP) is 5.53. The molecule has 1 aliphatic rings. The maximum absolute atomic E-state index is 5.00. The summed E-state index contributed by atoms with van der Waals surface area (Å²) >= 11 is 1.57. The third kappa shape index (κ3) is 2.88. The SMILES string of the molecule is Cc1cccc(C)c1/N=C1\Sc2nccn2\C1=N\c1c(C)cccc1C. The lowest BCUT2D eigenvalue weighted by molar-refractivity contribution is 0.964. The van der Waals surface area contributed by atoms with Crippen LogP contribution in [0.5, 0.6) is 0 Å². The van der Waals surface area contributed by atoms with Gasteiger partial charge in [-0.2, -0.15) is 0 Å². The first-order valence-corrected chi connectivity index (χ1v) is 9.38. The maximum Gasteiger partial charge on any atom is 0.180 e. The molecule has 0 unspecified atom stereocenters. The van der Waals surface area contributed by atoms with E-state index in [-0.39, 0.29) is 0 Å². The average Bonchev–Trinajstić information content (AvgIpc) is 3.16. The Morgan fingerprint density at radius 2 is 1.35 bits per heavy atom. The molecular formula is C21H20N4S. The molecule has 130 valence electrons. The summed E-state index contributed by atoms with van der Waals surface area (Å²) in [5.41, 5.74) is 6.64. The molecule has 1 aromatic heterocycles. The van der Waals surface area contributed by atoms with Crippen LogP contribution in [0.1, 0.15) is 22.3 Å². The molecular weight excluding hydrogens is 340 g/mol. The second kappa shape index (κ2) is 6.57. The molecule has 5 heteroatoms. The Bertz CT molecular complexity index is 1020. The number of fused-ring (bicyclic) bond motifs is 1. The molecule has 0 spiro atoms. The van der Waals surface area contributed by atoms with Crippen molar-refractivity contribution < 1.29 is 0 Å². The monoisotopic (exact) mass is 360 g/mol. The van der Waals surface area contributed by atoms with E-state index in [9.17, 15) is 0 Å². The lowest BCUT2D eigenvalue weighted by atomic mass is 10.1. The van der Waals surface area contributed by atoms with E-state index in [1.165, 1.54) is 0 Å². The van der Waals surface area contributed by atoms with Gasteiger partial charge in [-0.15, -0.1) is 0 Å². The number of nitrogens with zero attached hydrogens (tertiary/aromatic N) is 4. The summed E-state index contributed by atoms with van der Waals surface area (Å²) in [4.78, 5) is 14.4. The predicted molar refractivity (Wildman–Crippen MR) is 110 cm³/mol. The lowest BCUT2D eigenvalue weighted by Gasteiger charge is -2.08. The van der Waals surface area contributed by atoms with Crippen LogP contribution in [0.4, 0.5) is 11.4 Å². The van der Waals surface area contributed by atoms with Crippen molar-refractivity contribution in [3.63, 3.8) is 0 Å². The number of aromatic nitrogens is 2. The van der Waals surface area contributed by atoms with Crippen LogP contribution in [0.2, 0.25) is 0 Å². The summed E-state index contributed by atoms with van der Waals surface area (Å²) in [6, 6.07) is 12.5. The van der Waals surface area contributed by atoms with Crippen LogP contribution in [0, 0.1) is 27.7 Å². The smallest absolute Gasteiger partial charge is 0.180 e. The van der Waals surface area contributed by atoms with Gasteiger partial charge in [-0.25, -0.2) is 15.0 Å². The first-order valence-electron chi connectivity index (χ1n) is 8.56. The highest BCUT2D eigenvalue weighted by Gasteiger charge is 2.27. The highest BCUT2D eigenvalue weighted by Crippen LogP contribution is 2.34. The Balaban J connectivity index is 1.90. The molecule has 1 aliphatic heterocycles. The summed E-state index contributed by atoms with van der Waals surface area (Å²) in [6.45, 7) is 8.36. The van der Waals surface area contributed by atoms with E-state index in [4.69, 9.17) is 9.98 Å². The molecule has 26 heavy (non-hydrogen) atoms. The van der Waals surface area contributed by atoms with Crippen molar-refractivity contribution in [1.29, 1.82) is 0 Å². The minimum absolute atomic E-state index is 0.836. The Labute approximate surface area is 157 Å². The van der Waals surface area contributed by atoms with Gasteiger partial charge in [0, 0.05) is 12.4 Å². The van der Waals surface area contributed by atoms with Gasteiger partial charge < -0.3 is 0 Å². The van der Waals surface area contributed by atoms with Crippen LogP contribution >= 0.6 is 11.8 Å². The topological polar surface area (TPSA) is 42.5 Å². The van der Waals surface area contributed by atoms with Crippen LogP contribution in [0.25, 0.3) is 0 Å². The van der Waals surface area contributed by atoms with Crippen LogP contribution < -0.4 is 0 Å². The first kappa shape index (κ1) is 16.8. The molecule has 0 saturated carbocycles. The molecule has 4 rings (SSSR count). The zero-order valence-corrected chi connectivity index (χ0v) is 16.1. The van der Waals surface area contributed by atoms with Gasteiger partial charge in [0.15, 0.2) is 11.0 Å². The standard InChI is InChI=1S/C21H20N4S/c1-13-7-5-8-14(2)17(13)23-19-20(26-21-22-11-12-25(19)21)24-18-15(3)9-6-10-16(18)4/h5-12H,1-4H3/b23-19+,24-20-. The summed E-state index contributed by atoms with van der Waals surface area (Å²) in [6.07, 6.45) is 3.75. The summed E-state index contributed by atoms with van der Waals surface area (Å²) in [5.74, 6) is 0.836. The minimum Gasteiger partial charge on any atom is -0.276 e. The van der Waals surface area contributed by atoms with Gasteiger partial charge in [0.05, 0.1) is 11.4 Å². The Morgan fingerprint density at radius 1 is 0.808 bits per heavy atom. The Morgan fingerprint density at radius 3 is 1.92 bits per heavy atom. The number of hydrogen-bond acceptors (Lipinski definition) is 4. The van der Waals surface area contributed by atoms with Gasteiger partial charge >= 0.3 is 0 Å². The van der Waals surface area contributed by atoms with Gasteiger partial charge in [-0.1, -0.05) is 36.4 Å². The number of aryl methyl sites for hydroxylation is 4. The molecule has 0 N–H and O–H groups in total. The third-order valence-corrected chi connectivity index (χ3v) is 5.48. The van der Waals surface area contributed by atoms with E-state index in [0.717, 1.165) is 49.7 Å². The molecule has 2 heterocycles. The van der Waals surface area contributed by atoms with Crippen LogP contribution in [-0.4, -0.2) is 20.4 Å². The Hall–Kier alpha value is -2.66. The minimum atomic E-state index is 0.836. The number of benzene rings is 2. The fraction of sp³-hybridized carbons (Fsp3) is 0.190. The fourth-order valence-corrected chi connectivity index (χ4v) is 4.01. The molecule has 0 aliphatic carbocycles. The van der Waals surface area contributed by atoms with Crippen LogP contribution in [0.15, 0.2) is 63.9 Å². The van der Waals surface area contributed by atoms with E-state index in [2.05, 4.69) is 69.1 Å². The van der Waals surface area contributed by atoms with Crippen molar-refractivity contribution in [2.45, 2.75) is 32.9 Å².